The second-order valence-electron chi connectivity index (χ2n) is 4.45. The predicted molar refractivity (Wildman–Crippen MR) is 56.2 cm³/mol. The quantitative estimate of drug-likeness (QED) is 0.684. The number of hydrogen-bond acceptors (Lipinski definition) is 3. The minimum atomic E-state index is -0.312. The number of Topliss-reactive ketones (excluding diaryl/α,β-unsaturated/α-hetero) is 1. The van der Waals surface area contributed by atoms with E-state index in [1.165, 1.54) is 0 Å². The molecule has 0 heterocycles. The lowest BCUT2D eigenvalue weighted by Crippen LogP contribution is -2.27. The first-order valence-electron chi connectivity index (χ1n) is 5.16. The Hall–Kier alpha value is -0.410. The van der Waals surface area contributed by atoms with Crippen LogP contribution in [0.5, 0.6) is 0 Å². The summed E-state index contributed by atoms with van der Waals surface area (Å²) in [6, 6.07) is 0. The molecular weight excluding hydrogens is 180 g/mol. The van der Waals surface area contributed by atoms with Gasteiger partial charge in [-0.15, -0.1) is 0 Å². The Labute approximate surface area is 86.5 Å². The van der Waals surface area contributed by atoms with Gasteiger partial charge >= 0.3 is 0 Å². The maximum absolute atomic E-state index is 11.4. The molecule has 1 N–H and O–H groups in total. The molecule has 84 valence electrons. The topological polar surface area (TPSA) is 46.5 Å². The van der Waals surface area contributed by atoms with E-state index in [2.05, 4.69) is 0 Å². The molecule has 0 aromatic rings. The Morgan fingerprint density at radius 2 is 2.00 bits per heavy atom. The lowest BCUT2D eigenvalue weighted by atomic mass is 9.96. The van der Waals surface area contributed by atoms with Crippen LogP contribution in [-0.4, -0.2) is 29.7 Å². The van der Waals surface area contributed by atoms with Crippen LogP contribution in [0.1, 0.15) is 40.5 Å². The highest BCUT2D eigenvalue weighted by Gasteiger charge is 2.20. The molecule has 0 aliphatic heterocycles. The SMILES string of the molecule is CC(C)C(=O)CCC(C)(C)OCCO. The molecule has 0 saturated heterocycles. The van der Waals surface area contributed by atoms with E-state index in [0.29, 0.717) is 19.4 Å². The van der Waals surface area contributed by atoms with E-state index in [1.807, 2.05) is 27.7 Å². The van der Waals surface area contributed by atoms with Gasteiger partial charge in [-0.2, -0.15) is 0 Å². The van der Waals surface area contributed by atoms with Crippen LogP contribution >= 0.6 is 0 Å². The minimum Gasteiger partial charge on any atom is -0.394 e. The molecule has 0 aliphatic rings. The number of carbonyl (C=O) groups is 1. The minimum absolute atomic E-state index is 0.0293. The van der Waals surface area contributed by atoms with Gasteiger partial charge in [-0.3, -0.25) is 4.79 Å². The first kappa shape index (κ1) is 13.6. The lowest BCUT2D eigenvalue weighted by Gasteiger charge is -2.24. The van der Waals surface area contributed by atoms with Gasteiger partial charge in [0, 0.05) is 12.3 Å². The largest absolute Gasteiger partial charge is 0.394 e. The van der Waals surface area contributed by atoms with Crippen molar-refractivity contribution < 1.29 is 14.6 Å². The van der Waals surface area contributed by atoms with Crippen LogP contribution in [0.25, 0.3) is 0 Å². The molecule has 0 spiro atoms. The Morgan fingerprint density at radius 3 is 2.43 bits per heavy atom. The number of rotatable bonds is 7. The molecular formula is C11H22O3. The molecule has 0 fully saturated rings. The second kappa shape index (κ2) is 6.14. The van der Waals surface area contributed by atoms with Crippen molar-refractivity contribution in [3.05, 3.63) is 0 Å². The van der Waals surface area contributed by atoms with Crippen molar-refractivity contribution in [3.63, 3.8) is 0 Å². The van der Waals surface area contributed by atoms with E-state index < -0.39 is 0 Å². The molecule has 0 radical (unpaired) electrons. The van der Waals surface area contributed by atoms with Crippen molar-refractivity contribution in [2.75, 3.05) is 13.2 Å². The molecule has 0 aliphatic carbocycles. The van der Waals surface area contributed by atoms with E-state index >= 15 is 0 Å². The zero-order valence-electron chi connectivity index (χ0n) is 9.67. The van der Waals surface area contributed by atoms with E-state index in [-0.39, 0.29) is 23.9 Å². The maximum atomic E-state index is 11.4. The zero-order chi connectivity index (χ0) is 11.2. The van der Waals surface area contributed by atoms with E-state index in [4.69, 9.17) is 9.84 Å². The smallest absolute Gasteiger partial charge is 0.135 e. The summed E-state index contributed by atoms with van der Waals surface area (Å²) >= 11 is 0. The molecule has 0 atom stereocenters. The fourth-order valence-corrected chi connectivity index (χ4v) is 1.11. The summed E-state index contributed by atoms with van der Waals surface area (Å²) < 4.78 is 5.41. The van der Waals surface area contributed by atoms with E-state index in [9.17, 15) is 4.79 Å². The monoisotopic (exact) mass is 202 g/mol. The molecule has 0 unspecified atom stereocenters. The maximum Gasteiger partial charge on any atom is 0.135 e. The van der Waals surface area contributed by atoms with Crippen LogP contribution in [0.4, 0.5) is 0 Å². The lowest BCUT2D eigenvalue weighted by molar-refractivity contribution is -0.123. The van der Waals surface area contributed by atoms with Gasteiger partial charge in [0.15, 0.2) is 0 Å². The van der Waals surface area contributed by atoms with Crippen molar-refractivity contribution in [2.45, 2.75) is 46.1 Å². The third-order valence-corrected chi connectivity index (χ3v) is 2.20. The normalized spacial score (nSPS) is 12.1. The highest BCUT2D eigenvalue weighted by atomic mass is 16.5. The van der Waals surface area contributed by atoms with E-state index in [1.54, 1.807) is 0 Å². The molecule has 0 rings (SSSR count). The Balaban J connectivity index is 3.80. The van der Waals surface area contributed by atoms with Gasteiger partial charge in [0.1, 0.15) is 5.78 Å². The van der Waals surface area contributed by atoms with Crippen LogP contribution in [0.15, 0.2) is 0 Å². The average molecular weight is 202 g/mol. The number of ketones is 1. The van der Waals surface area contributed by atoms with Gasteiger partial charge in [-0.05, 0) is 20.3 Å². The third-order valence-electron chi connectivity index (χ3n) is 2.20. The highest BCUT2D eigenvalue weighted by Crippen LogP contribution is 2.17. The average Bonchev–Trinajstić information content (AvgIpc) is 2.11. The van der Waals surface area contributed by atoms with Gasteiger partial charge in [0.2, 0.25) is 0 Å². The molecule has 3 heteroatoms. The fourth-order valence-electron chi connectivity index (χ4n) is 1.11. The highest BCUT2D eigenvalue weighted by molar-refractivity contribution is 5.80. The fraction of sp³-hybridized carbons (Fsp3) is 0.909. The Kier molecular flexibility index (Phi) is 5.96. The summed E-state index contributed by atoms with van der Waals surface area (Å²) in [5, 5.41) is 8.60. The summed E-state index contributed by atoms with van der Waals surface area (Å²) in [6.45, 7) is 8.06. The van der Waals surface area contributed by atoms with Crippen molar-refractivity contribution in [1.82, 2.24) is 0 Å². The van der Waals surface area contributed by atoms with Crippen LogP contribution in [0.2, 0.25) is 0 Å². The number of aliphatic hydroxyl groups excluding tert-OH is 1. The first-order chi connectivity index (χ1) is 6.39. The molecule has 14 heavy (non-hydrogen) atoms. The number of hydrogen-bond donors (Lipinski definition) is 1. The molecule has 3 nitrogen and oxygen atoms in total. The molecule has 0 saturated carbocycles. The summed E-state index contributed by atoms with van der Waals surface area (Å²) in [5.41, 5.74) is -0.312. The van der Waals surface area contributed by atoms with Crippen molar-refractivity contribution in [2.24, 2.45) is 5.92 Å². The summed E-state index contributed by atoms with van der Waals surface area (Å²) in [5.74, 6) is 0.370. The zero-order valence-corrected chi connectivity index (χ0v) is 9.67. The molecule has 0 bridgehead atoms. The predicted octanol–water partition coefficient (Wildman–Crippen LogP) is 1.78. The number of aliphatic hydroxyl groups is 1. The Bertz CT molecular complexity index is 173. The summed E-state index contributed by atoms with van der Waals surface area (Å²) in [7, 11) is 0. The standard InChI is InChI=1S/C11H22O3/c1-9(2)10(13)5-6-11(3,4)14-8-7-12/h9,12H,5-8H2,1-4H3. The molecule has 0 aromatic carbocycles. The van der Waals surface area contributed by atoms with Gasteiger partial charge in [-0.1, -0.05) is 13.8 Å². The molecule has 0 aromatic heterocycles. The van der Waals surface area contributed by atoms with Gasteiger partial charge in [-0.25, -0.2) is 0 Å². The molecule has 0 amide bonds. The number of carbonyl (C=O) groups excluding carboxylic acids is 1. The van der Waals surface area contributed by atoms with Gasteiger partial charge < -0.3 is 9.84 Å². The second-order valence-corrected chi connectivity index (χ2v) is 4.45. The van der Waals surface area contributed by atoms with Crippen molar-refractivity contribution in [3.8, 4) is 0 Å². The Morgan fingerprint density at radius 1 is 1.43 bits per heavy atom. The van der Waals surface area contributed by atoms with Crippen LogP contribution in [0.3, 0.4) is 0 Å². The third kappa shape index (κ3) is 6.11. The summed E-state index contributed by atoms with van der Waals surface area (Å²) in [4.78, 5) is 11.4. The number of ether oxygens (including phenoxy) is 1. The van der Waals surface area contributed by atoms with Crippen LogP contribution < -0.4 is 0 Å². The van der Waals surface area contributed by atoms with E-state index in [0.717, 1.165) is 0 Å². The van der Waals surface area contributed by atoms with Crippen LogP contribution in [-0.2, 0) is 9.53 Å². The van der Waals surface area contributed by atoms with Crippen LogP contribution in [0, 0.1) is 5.92 Å². The van der Waals surface area contributed by atoms with Gasteiger partial charge in [0.25, 0.3) is 0 Å². The first-order valence-corrected chi connectivity index (χ1v) is 5.16. The van der Waals surface area contributed by atoms with Crippen molar-refractivity contribution >= 4 is 5.78 Å². The van der Waals surface area contributed by atoms with Crippen molar-refractivity contribution in [1.29, 1.82) is 0 Å². The van der Waals surface area contributed by atoms with Gasteiger partial charge in [0.05, 0.1) is 18.8 Å². The summed E-state index contributed by atoms with van der Waals surface area (Å²) in [6.07, 6.45) is 1.26.